The van der Waals surface area contributed by atoms with Gasteiger partial charge >= 0.3 is 0 Å². The number of rotatable bonds is 2. The van der Waals surface area contributed by atoms with Crippen molar-refractivity contribution in [3.8, 4) is 16.8 Å². The molecule has 7 rings (SSSR count). The molecule has 2 heterocycles. The maximum atomic E-state index is 3.56. The quantitative estimate of drug-likeness (QED) is 0.252. The number of halogens is 1. The van der Waals surface area contributed by atoms with Crippen LogP contribution in [-0.4, -0.2) is 9.55 Å². The summed E-state index contributed by atoms with van der Waals surface area (Å²) in [5.74, 6) is 0. The molecular weight excluding hydrogens is 468 g/mol. The zero-order chi connectivity index (χ0) is 21.9. The fourth-order valence-electron chi connectivity index (χ4n) is 5.05. The molecule has 7 aromatic rings. The average Bonchev–Trinajstić information content (AvgIpc) is 3.39. The van der Waals surface area contributed by atoms with Crippen LogP contribution < -0.4 is 0 Å². The number of aromatic amines is 1. The molecule has 0 saturated heterocycles. The van der Waals surface area contributed by atoms with E-state index in [4.69, 9.17) is 0 Å². The molecule has 0 aliphatic rings. The summed E-state index contributed by atoms with van der Waals surface area (Å²) in [4.78, 5) is 3.53. The molecule has 0 amide bonds. The predicted octanol–water partition coefficient (Wildman–Crippen LogP) is 8.85. The molecule has 0 aliphatic heterocycles. The van der Waals surface area contributed by atoms with Gasteiger partial charge in [0.05, 0.1) is 11.0 Å². The van der Waals surface area contributed by atoms with Gasteiger partial charge in [0, 0.05) is 42.7 Å². The molecule has 0 aliphatic carbocycles. The minimum atomic E-state index is 1.09. The first kappa shape index (κ1) is 18.7. The highest BCUT2D eigenvalue weighted by Gasteiger charge is 2.13. The Hall–Kier alpha value is -3.82. The highest BCUT2D eigenvalue weighted by atomic mass is 79.9. The van der Waals surface area contributed by atoms with E-state index in [2.05, 4.69) is 135 Å². The third-order valence-corrected chi connectivity index (χ3v) is 7.13. The average molecular weight is 487 g/mol. The smallest absolute Gasteiger partial charge is 0.0541 e. The Kier molecular flexibility index (Phi) is 4.02. The number of hydrogen-bond acceptors (Lipinski definition) is 0. The van der Waals surface area contributed by atoms with E-state index in [1.807, 2.05) is 0 Å². The topological polar surface area (TPSA) is 20.7 Å². The van der Waals surface area contributed by atoms with Crippen molar-refractivity contribution in [1.29, 1.82) is 0 Å². The molecule has 0 atom stereocenters. The van der Waals surface area contributed by atoms with E-state index < -0.39 is 0 Å². The van der Waals surface area contributed by atoms with Crippen LogP contribution in [0.5, 0.6) is 0 Å². The number of para-hydroxylation sites is 2. The maximum absolute atomic E-state index is 3.56. The van der Waals surface area contributed by atoms with Gasteiger partial charge in [0.25, 0.3) is 0 Å². The maximum Gasteiger partial charge on any atom is 0.0541 e. The van der Waals surface area contributed by atoms with Crippen LogP contribution in [-0.2, 0) is 0 Å². The van der Waals surface area contributed by atoms with Crippen LogP contribution in [0, 0.1) is 0 Å². The largest absolute Gasteiger partial charge is 0.355 e. The Balaban J connectivity index is 1.47. The summed E-state index contributed by atoms with van der Waals surface area (Å²) in [6, 6.07) is 39.2. The molecule has 5 aromatic carbocycles. The molecular formula is C30H19BrN2. The highest BCUT2D eigenvalue weighted by Crippen LogP contribution is 2.36. The van der Waals surface area contributed by atoms with E-state index in [1.165, 1.54) is 54.7 Å². The molecule has 2 nitrogen and oxygen atoms in total. The lowest BCUT2D eigenvalue weighted by Gasteiger charge is -2.08. The number of nitrogens with one attached hydrogen (secondary N) is 1. The van der Waals surface area contributed by atoms with Gasteiger partial charge in [0.15, 0.2) is 0 Å². The Morgan fingerprint density at radius 3 is 2.00 bits per heavy atom. The molecule has 0 fully saturated rings. The number of fused-ring (bicyclic) bond motifs is 6. The van der Waals surface area contributed by atoms with Crippen molar-refractivity contribution in [1.82, 2.24) is 9.55 Å². The lowest BCUT2D eigenvalue weighted by Crippen LogP contribution is -1.93. The van der Waals surface area contributed by atoms with E-state index in [-0.39, 0.29) is 0 Å². The molecule has 3 heteroatoms. The minimum Gasteiger partial charge on any atom is -0.355 e. The van der Waals surface area contributed by atoms with Crippen molar-refractivity contribution in [2.24, 2.45) is 0 Å². The van der Waals surface area contributed by atoms with Crippen LogP contribution in [0.3, 0.4) is 0 Å². The summed E-state index contributed by atoms with van der Waals surface area (Å²) in [7, 11) is 0. The summed E-state index contributed by atoms with van der Waals surface area (Å²) in [6.07, 6.45) is 0. The van der Waals surface area contributed by atoms with Crippen molar-refractivity contribution in [2.45, 2.75) is 0 Å². The number of benzene rings is 5. The Morgan fingerprint density at radius 2 is 1.15 bits per heavy atom. The first-order valence-corrected chi connectivity index (χ1v) is 11.9. The van der Waals surface area contributed by atoms with Crippen LogP contribution in [0.4, 0.5) is 0 Å². The zero-order valence-corrected chi connectivity index (χ0v) is 19.3. The fraction of sp³-hybridized carbons (Fsp3) is 0. The summed E-state index contributed by atoms with van der Waals surface area (Å²) < 4.78 is 3.44. The van der Waals surface area contributed by atoms with Gasteiger partial charge in [0.2, 0.25) is 0 Å². The van der Waals surface area contributed by atoms with Crippen molar-refractivity contribution in [3.05, 3.63) is 114 Å². The van der Waals surface area contributed by atoms with Crippen molar-refractivity contribution in [2.75, 3.05) is 0 Å². The van der Waals surface area contributed by atoms with E-state index in [1.54, 1.807) is 0 Å². The van der Waals surface area contributed by atoms with E-state index in [9.17, 15) is 0 Å². The number of aromatic nitrogens is 2. The second kappa shape index (κ2) is 7.09. The number of hydrogen-bond donors (Lipinski definition) is 1. The Bertz CT molecular complexity index is 1820. The lowest BCUT2D eigenvalue weighted by atomic mass is 10.0. The number of H-pyrrole nitrogens is 1. The third-order valence-electron chi connectivity index (χ3n) is 6.60. The van der Waals surface area contributed by atoms with Gasteiger partial charge in [-0.15, -0.1) is 0 Å². The highest BCUT2D eigenvalue weighted by molar-refractivity contribution is 9.10. The molecule has 33 heavy (non-hydrogen) atoms. The lowest BCUT2D eigenvalue weighted by molar-refractivity contribution is 1.18. The van der Waals surface area contributed by atoms with Crippen molar-refractivity contribution in [3.63, 3.8) is 0 Å². The SMILES string of the molecule is Brc1ccc(-n2c3ccccc3c3cc(-c4ccc5[nH]c6ccccc6c5c4)ccc32)cc1. The van der Waals surface area contributed by atoms with E-state index in [0.29, 0.717) is 0 Å². The van der Waals surface area contributed by atoms with Crippen LogP contribution in [0.15, 0.2) is 114 Å². The number of nitrogens with zero attached hydrogens (tertiary/aromatic N) is 1. The van der Waals surface area contributed by atoms with Crippen molar-refractivity contribution >= 4 is 59.5 Å². The first-order chi connectivity index (χ1) is 16.3. The van der Waals surface area contributed by atoms with Crippen molar-refractivity contribution < 1.29 is 0 Å². The van der Waals surface area contributed by atoms with E-state index >= 15 is 0 Å². The normalized spacial score (nSPS) is 11.8. The molecule has 0 radical (unpaired) electrons. The van der Waals surface area contributed by atoms with Gasteiger partial charge in [-0.05, 0) is 71.8 Å². The summed E-state index contributed by atoms with van der Waals surface area (Å²) in [5.41, 5.74) is 8.42. The second-order valence-corrected chi connectivity index (χ2v) is 9.41. The zero-order valence-electron chi connectivity index (χ0n) is 17.7. The monoisotopic (exact) mass is 486 g/mol. The first-order valence-electron chi connectivity index (χ1n) is 11.1. The van der Waals surface area contributed by atoms with Gasteiger partial charge in [-0.1, -0.05) is 64.5 Å². The van der Waals surface area contributed by atoms with Gasteiger partial charge < -0.3 is 9.55 Å². The molecule has 156 valence electrons. The van der Waals surface area contributed by atoms with Gasteiger partial charge in [-0.2, -0.15) is 0 Å². The standard InChI is InChI=1S/C30H19BrN2/c31-21-11-13-22(14-12-21)33-29-8-4-2-6-24(29)26-18-20(10-16-30(26)33)19-9-15-28-25(17-19)23-5-1-3-7-27(23)32-28/h1-18,32H. The van der Waals surface area contributed by atoms with Crippen LogP contribution in [0.25, 0.3) is 60.4 Å². The molecule has 0 bridgehead atoms. The molecule has 0 spiro atoms. The van der Waals surface area contributed by atoms with Gasteiger partial charge in [0.1, 0.15) is 0 Å². The summed E-state index contributed by atoms with van der Waals surface area (Å²) >= 11 is 3.56. The molecule has 0 saturated carbocycles. The van der Waals surface area contributed by atoms with Crippen LogP contribution in [0.2, 0.25) is 0 Å². The third kappa shape index (κ3) is 2.86. The minimum absolute atomic E-state index is 1.09. The second-order valence-electron chi connectivity index (χ2n) is 8.49. The molecule has 0 unspecified atom stereocenters. The predicted molar refractivity (Wildman–Crippen MR) is 143 cm³/mol. The molecule has 2 aromatic heterocycles. The van der Waals surface area contributed by atoms with Gasteiger partial charge in [-0.25, -0.2) is 0 Å². The van der Waals surface area contributed by atoms with Crippen LogP contribution >= 0.6 is 15.9 Å². The van der Waals surface area contributed by atoms with Gasteiger partial charge in [-0.3, -0.25) is 0 Å². The summed E-state index contributed by atoms with van der Waals surface area (Å²) in [5, 5.41) is 5.07. The Labute approximate surface area is 199 Å². The van der Waals surface area contributed by atoms with E-state index in [0.717, 1.165) is 10.2 Å². The molecule has 1 N–H and O–H groups in total. The fourth-order valence-corrected chi connectivity index (χ4v) is 5.31. The van der Waals surface area contributed by atoms with Crippen LogP contribution in [0.1, 0.15) is 0 Å². The summed E-state index contributed by atoms with van der Waals surface area (Å²) in [6.45, 7) is 0. The Morgan fingerprint density at radius 1 is 0.515 bits per heavy atom.